The number of nitrogens with two attached hydrogens (primary N) is 1. The molecule has 0 fully saturated rings. The van der Waals surface area contributed by atoms with Gasteiger partial charge >= 0.3 is 0 Å². The van der Waals surface area contributed by atoms with Crippen molar-refractivity contribution < 1.29 is 4.74 Å². The predicted molar refractivity (Wildman–Crippen MR) is 58.2 cm³/mol. The lowest BCUT2D eigenvalue weighted by molar-refractivity contribution is 0.345. The highest BCUT2D eigenvalue weighted by Crippen LogP contribution is 2.28. The number of benzene rings is 1. The van der Waals surface area contributed by atoms with Crippen LogP contribution in [0.2, 0.25) is 0 Å². The Morgan fingerprint density at radius 3 is 2.86 bits per heavy atom. The summed E-state index contributed by atoms with van der Waals surface area (Å²) in [5, 5.41) is 0. The van der Waals surface area contributed by atoms with E-state index in [0.29, 0.717) is 12.5 Å². The molecule has 0 radical (unpaired) electrons. The molecule has 0 unspecified atom stereocenters. The molecule has 2 heteroatoms. The molecule has 0 saturated carbocycles. The molecule has 0 atom stereocenters. The van der Waals surface area contributed by atoms with Gasteiger partial charge in [0.2, 0.25) is 0 Å². The zero-order valence-electron chi connectivity index (χ0n) is 8.58. The van der Waals surface area contributed by atoms with Crippen molar-refractivity contribution in [2.45, 2.75) is 19.8 Å². The highest BCUT2D eigenvalue weighted by atomic mass is 16.5. The van der Waals surface area contributed by atoms with Crippen molar-refractivity contribution in [1.82, 2.24) is 0 Å². The summed E-state index contributed by atoms with van der Waals surface area (Å²) in [6, 6.07) is 6.28. The van der Waals surface area contributed by atoms with Crippen LogP contribution < -0.4 is 10.5 Å². The largest absolute Gasteiger partial charge is 0.487 e. The first kappa shape index (κ1) is 9.13. The maximum atomic E-state index is 5.71. The highest BCUT2D eigenvalue weighted by molar-refractivity contribution is 5.62. The summed E-state index contributed by atoms with van der Waals surface area (Å²) < 4.78 is 5.48. The molecule has 0 aliphatic carbocycles. The summed E-state index contributed by atoms with van der Waals surface area (Å²) >= 11 is 0. The van der Waals surface area contributed by atoms with E-state index in [1.807, 2.05) is 12.1 Å². The number of hydrogen-bond donors (Lipinski definition) is 1. The van der Waals surface area contributed by atoms with Crippen molar-refractivity contribution in [1.29, 1.82) is 0 Å². The van der Waals surface area contributed by atoms with Crippen LogP contribution in [0.1, 0.15) is 30.9 Å². The highest BCUT2D eigenvalue weighted by Gasteiger charge is 2.10. The maximum Gasteiger partial charge on any atom is 0.128 e. The van der Waals surface area contributed by atoms with Gasteiger partial charge in [0, 0.05) is 11.3 Å². The quantitative estimate of drug-likeness (QED) is 0.736. The third-order valence-corrected chi connectivity index (χ3v) is 2.44. The van der Waals surface area contributed by atoms with Crippen LogP contribution in [-0.2, 0) is 0 Å². The van der Waals surface area contributed by atoms with Crippen molar-refractivity contribution in [3.05, 3.63) is 35.0 Å². The van der Waals surface area contributed by atoms with E-state index in [9.17, 15) is 0 Å². The van der Waals surface area contributed by atoms with Crippen molar-refractivity contribution in [2.24, 2.45) is 5.73 Å². The summed E-state index contributed by atoms with van der Waals surface area (Å²) in [5.74, 6) is 1.47. The molecule has 74 valence electrons. The number of rotatable bonds is 1. The zero-order valence-corrected chi connectivity index (χ0v) is 8.58. The average Bonchev–Trinajstić information content (AvgIpc) is 2.16. The summed E-state index contributed by atoms with van der Waals surface area (Å²) in [7, 11) is 0. The van der Waals surface area contributed by atoms with Crippen LogP contribution in [0, 0.1) is 0 Å². The van der Waals surface area contributed by atoms with Crippen LogP contribution >= 0.6 is 0 Å². The van der Waals surface area contributed by atoms with Gasteiger partial charge in [-0.2, -0.15) is 0 Å². The fraction of sp³-hybridized carbons (Fsp3) is 0.333. The van der Waals surface area contributed by atoms with Crippen LogP contribution in [0.5, 0.6) is 5.75 Å². The molecule has 2 N–H and O–H groups in total. The van der Waals surface area contributed by atoms with Gasteiger partial charge in [-0.3, -0.25) is 0 Å². The molecule has 1 aromatic carbocycles. The van der Waals surface area contributed by atoms with E-state index in [1.54, 1.807) is 0 Å². The number of ether oxygens (including phenoxy) is 1. The minimum Gasteiger partial charge on any atom is -0.487 e. The molecule has 1 aromatic rings. The third kappa shape index (κ3) is 1.60. The normalized spacial score (nSPS) is 14.6. The number of fused-ring (bicyclic) bond motifs is 1. The summed E-state index contributed by atoms with van der Waals surface area (Å²) in [6.45, 7) is 4.87. The van der Waals surface area contributed by atoms with Crippen LogP contribution in [-0.4, -0.2) is 6.61 Å². The Labute approximate surface area is 84.4 Å². The topological polar surface area (TPSA) is 35.2 Å². The lowest BCUT2D eigenvalue weighted by Crippen LogP contribution is -2.13. The van der Waals surface area contributed by atoms with E-state index in [2.05, 4.69) is 26.0 Å². The Bertz CT molecular complexity index is 380. The van der Waals surface area contributed by atoms with E-state index in [4.69, 9.17) is 10.5 Å². The summed E-state index contributed by atoms with van der Waals surface area (Å²) in [4.78, 5) is 0. The van der Waals surface area contributed by atoms with Gasteiger partial charge in [0.25, 0.3) is 0 Å². The van der Waals surface area contributed by atoms with Gasteiger partial charge in [-0.25, -0.2) is 0 Å². The molecule has 0 bridgehead atoms. The van der Waals surface area contributed by atoms with Crippen LogP contribution in [0.3, 0.4) is 0 Å². The van der Waals surface area contributed by atoms with E-state index >= 15 is 0 Å². The molecule has 0 aromatic heterocycles. The zero-order chi connectivity index (χ0) is 10.1. The van der Waals surface area contributed by atoms with E-state index < -0.39 is 0 Å². The molecule has 1 aliphatic rings. The van der Waals surface area contributed by atoms with Crippen molar-refractivity contribution in [2.75, 3.05) is 6.61 Å². The summed E-state index contributed by atoms with van der Waals surface area (Å²) in [5.41, 5.74) is 8.92. The van der Waals surface area contributed by atoms with Gasteiger partial charge in [-0.1, -0.05) is 19.9 Å². The first-order chi connectivity index (χ1) is 6.66. The van der Waals surface area contributed by atoms with Crippen molar-refractivity contribution in [3.63, 3.8) is 0 Å². The first-order valence-corrected chi connectivity index (χ1v) is 4.89. The van der Waals surface area contributed by atoms with Gasteiger partial charge in [0.05, 0.1) is 0 Å². The van der Waals surface area contributed by atoms with E-state index in [1.165, 1.54) is 5.56 Å². The molecule has 14 heavy (non-hydrogen) atoms. The smallest absolute Gasteiger partial charge is 0.128 e. The second-order valence-electron chi connectivity index (χ2n) is 3.96. The van der Waals surface area contributed by atoms with Gasteiger partial charge in [-0.15, -0.1) is 0 Å². The maximum absolute atomic E-state index is 5.71. The second-order valence-corrected chi connectivity index (χ2v) is 3.96. The van der Waals surface area contributed by atoms with E-state index in [-0.39, 0.29) is 0 Å². The number of hydrogen-bond acceptors (Lipinski definition) is 2. The molecule has 2 nitrogen and oxygen atoms in total. The lowest BCUT2D eigenvalue weighted by atomic mass is 9.99. The Hall–Kier alpha value is -1.44. The molecule has 0 spiro atoms. The van der Waals surface area contributed by atoms with Gasteiger partial charge in [0.1, 0.15) is 12.4 Å². The SMILES string of the molecule is CC(C)c1ccc2c(c1)C=C(N)CO2. The lowest BCUT2D eigenvalue weighted by Gasteiger charge is -2.17. The molecular formula is C12H15NO. The molecule has 1 aliphatic heterocycles. The Kier molecular flexibility index (Phi) is 2.20. The molecule has 2 rings (SSSR count). The van der Waals surface area contributed by atoms with Crippen molar-refractivity contribution in [3.8, 4) is 5.75 Å². The minimum absolute atomic E-state index is 0.508. The van der Waals surface area contributed by atoms with Crippen LogP contribution in [0.25, 0.3) is 6.08 Å². The molecular weight excluding hydrogens is 174 g/mol. The second kappa shape index (κ2) is 3.37. The molecule has 0 amide bonds. The molecule has 0 saturated heterocycles. The average molecular weight is 189 g/mol. The Morgan fingerprint density at radius 1 is 1.36 bits per heavy atom. The predicted octanol–water partition coefficient (Wildman–Crippen LogP) is 2.50. The van der Waals surface area contributed by atoms with Gasteiger partial charge in [-0.05, 0) is 29.7 Å². The van der Waals surface area contributed by atoms with E-state index in [0.717, 1.165) is 17.0 Å². The van der Waals surface area contributed by atoms with Crippen molar-refractivity contribution >= 4 is 6.08 Å². The molecule has 1 heterocycles. The van der Waals surface area contributed by atoms with Crippen LogP contribution in [0.4, 0.5) is 0 Å². The minimum atomic E-state index is 0.508. The summed E-state index contributed by atoms with van der Waals surface area (Å²) in [6.07, 6.45) is 1.99. The third-order valence-electron chi connectivity index (χ3n) is 2.44. The monoisotopic (exact) mass is 189 g/mol. The first-order valence-electron chi connectivity index (χ1n) is 4.89. The Morgan fingerprint density at radius 2 is 2.14 bits per heavy atom. The van der Waals surface area contributed by atoms with Gasteiger partial charge in [0.15, 0.2) is 0 Å². The van der Waals surface area contributed by atoms with Gasteiger partial charge < -0.3 is 10.5 Å². The van der Waals surface area contributed by atoms with Crippen LogP contribution in [0.15, 0.2) is 23.9 Å². The Balaban J connectivity index is 2.44. The fourth-order valence-corrected chi connectivity index (χ4v) is 1.57. The fourth-order valence-electron chi connectivity index (χ4n) is 1.57. The standard InChI is InChI=1S/C12H15NO/c1-8(2)9-3-4-12-10(5-9)6-11(13)7-14-12/h3-6,8H,7,13H2,1-2H3.